The van der Waals surface area contributed by atoms with Crippen molar-refractivity contribution < 1.29 is 18.0 Å². The van der Waals surface area contributed by atoms with Gasteiger partial charge < -0.3 is 10.6 Å². The maximum Gasteiger partial charge on any atom is 0.240 e. The van der Waals surface area contributed by atoms with Crippen molar-refractivity contribution in [1.82, 2.24) is 15.6 Å². The number of carbonyl (C=O) groups excluding carboxylic acids is 2. The highest BCUT2D eigenvalue weighted by molar-refractivity contribution is 7.90. The summed E-state index contributed by atoms with van der Waals surface area (Å²) in [5.41, 5.74) is 1.80. The van der Waals surface area contributed by atoms with Crippen LogP contribution in [-0.2, 0) is 25.8 Å². The number of nitrogens with one attached hydrogen (secondary N) is 2. The van der Waals surface area contributed by atoms with Crippen LogP contribution >= 0.6 is 11.3 Å². The minimum Gasteiger partial charge on any atom is -0.347 e. The number of amides is 2. The van der Waals surface area contributed by atoms with E-state index in [2.05, 4.69) is 21.7 Å². The zero-order valence-corrected chi connectivity index (χ0v) is 18.8. The fraction of sp³-hybridized carbons (Fsp3) is 0.273. The highest BCUT2D eigenvalue weighted by Gasteiger charge is 2.44. The number of rotatable bonds is 7. The van der Waals surface area contributed by atoms with E-state index in [1.165, 1.54) is 17.6 Å². The Morgan fingerprint density at radius 1 is 1.12 bits per heavy atom. The minimum atomic E-state index is -3.25. The zero-order valence-electron chi connectivity index (χ0n) is 17.2. The molecule has 0 radical (unpaired) electrons. The molecule has 0 saturated heterocycles. The van der Waals surface area contributed by atoms with Crippen LogP contribution in [0.3, 0.4) is 0 Å². The second-order valence-electron chi connectivity index (χ2n) is 7.78. The van der Waals surface area contributed by atoms with Crippen molar-refractivity contribution in [1.29, 1.82) is 5.26 Å². The number of hydrogen-bond donors (Lipinski definition) is 2. The van der Waals surface area contributed by atoms with E-state index in [0.717, 1.165) is 21.3 Å². The van der Waals surface area contributed by atoms with E-state index in [1.54, 1.807) is 24.3 Å². The van der Waals surface area contributed by atoms with Crippen molar-refractivity contribution in [3.05, 3.63) is 47.5 Å². The van der Waals surface area contributed by atoms with Crippen molar-refractivity contribution in [3.63, 3.8) is 0 Å². The molecule has 2 aromatic carbocycles. The monoisotopic (exact) mass is 468 g/mol. The molecule has 1 aromatic heterocycles. The second-order valence-corrected chi connectivity index (χ2v) is 10.9. The molecular weight excluding hydrogens is 448 g/mol. The third-order valence-electron chi connectivity index (χ3n) is 5.15. The quantitative estimate of drug-likeness (QED) is 0.547. The molecule has 2 amide bonds. The van der Waals surface area contributed by atoms with E-state index < -0.39 is 15.4 Å². The molecule has 1 aliphatic rings. The molecule has 8 nitrogen and oxygen atoms in total. The average Bonchev–Trinajstić information content (AvgIpc) is 3.41. The van der Waals surface area contributed by atoms with Crippen molar-refractivity contribution in [2.45, 2.75) is 29.7 Å². The first kappa shape index (κ1) is 21.9. The third-order valence-corrected chi connectivity index (χ3v) is 7.30. The van der Waals surface area contributed by atoms with E-state index in [0.29, 0.717) is 17.8 Å². The molecule has 10 heteroatoms. The second kappa shape index (κ2) is 8.33. The summed E-state index contributed by atoms with van der Waals surface area (Å²) in [6.07, 6.45) is 2.50. The molecule has 1 saturated carbocycles. The van der Waals surface area contributed by atoms with Crippen LogP contribution in [0.5, 0.6) is 0 Å². The van der Waals surface area contributed by atoms with Gasteiger partial charge in [0.25, 0.3) is 0 Å². The average molecular weight is 469 g/mol. The Morgan fingerprint density at radius 2 is 1.81 bits per heavy atom. The molecule has 1 aliphatic carbocycles. The molecule has 32 heavy (non-hydrogen) atoms. The first-order chi connectivity index (χ1) is 15.2. The largest absolute Gasteiger partial charge is 0.347 e. The molecule has 0 unspecified atom stereocenters. The van der Waals surface area contributed by atoms with Gasteiger partial charge in [0.2, 0.25) is 11.8 Å². The number of aromatic nitrogens is 1. The van der Waals surface area contributed by atoms with Crippen LogP contribution in [0.4, 0.5) is 0 Å². The standard InChI is InChI=1S/C22H20N4O4S2/c1-32(29,30)16-5-2-14(3-6-16)15-4-7-17-18(10-15)31-21(25-17)11-19(27)24-12-20(28)26-22(13-23)8-9-22/h2-7,10H,8-9,11-12H2,1H3,(H,24,27)(H,26,28). The van der Waals surface area contributed by atoms with Gasteiger partial charge in [-0.2, -0.15) is 5.26 Å². The van der Waals surface area contributed by atoms with Crippen molar-refractivity contribution >= 4 is 43.2 Å². The Bertz CT molecular complexity index is 1350. The van der Waals surface area contributed by atoms with Gasteiger partial charge in [-0.05, 0) is 48.2 Å². The summed E-state index contributed by atoms with van der Waals surface area (Å²) in [6, 6.07) is 14.5. The van der Waals surface area contributed by atoms with Gasteiger partial charge in [0.15, 0.2) is 9.84 Å². The highest BCUT2D eigenvalue weighted by Crippen LogP contribution is 2.34. The molecule has 0 atom stereocenters. The number of sulfone groups is 1. The Balaban J connectivity index is 1.40. The van der Waals surface area contributed by atoms with Gasteiger partial charge in [0, 0.05) is 6.26 Å². The van der Waals surface area contributed by atoms with Gasteiger partial charge in [0.1, 0.15) is 10.5 Å². The Labute approximate surface area is 189 Å². The Morgan fingerprint density at radius 3 is 2.44 bits per heavy atom. The maximum atomic E-state index is 12.2. The van der Waals surface area contributed by atoms with E-state index in [1.807, 2.05) is 18.2 Å². The molecule has 0 aliphatic heterocycles. The number of fused-ring (bicyclic) bond motifs is 1. The summed E-state index contributed by atoms with van der Waals surface area (Å²) in [6.45, 7) is -0.180. The predicted octanol–water partition coefficient (Wildman–Crippen LogP) is 2.20. The summed E-state index contributed by atoms with van der Waals surface area (Å²) >= 11 is 1.39. The smallest absolute Gasteiger partial charge is 0.240 e. The molecule has 164 valence electrons. The van der Waals surface area contributed by atoms with Crippen molar-refractivity contribution in [3.8, 4) is 17.2 Å². The van der Waals surface area contributed by atoms with Crippen LogP contribution < -0.4 is 10.6 Å². The van der Waals surface area contributed by atoms with Crippen LogP contribution in [0, 0.1) is 11.3 Å². The minimum absolute atomic E-state index is 0.0500. The molecule has 0 bridgehead atoms. The van der Waals surface area contributed by atoms with E-state index in [4.69, 9.17) is 5.26 Å². The number of benzene rings is 2. The van der Waals surface area contributed by atoms with E-state index >= 15 is 0 Å². The van der Waals surface area contributed by atoms with E-state index in [-0.39, 0.29) is 29.7 Å². The van der Waals surface area contributed by atoms with Crippen LogP contribution in [0.25, 0.3) is 21.3 Å². The van der Waals surface area contributed by atoms with Crippen LogP contribution in [-0.4, -0.2) is 43.6 Å². The normalized spacial score (nSPS) is 14.5. The molecule has 0 spiro atoms. The highest BCUT2D eigenvalue weighted by atomic mass is 32.2. The van der Waals surface area contributed by atoms with Crippen LogP contribution in [0.2, 0.25) is 0 Å². The van der Waals surface area contributed by atoms with Gasteiger partial charge in [-0.3, -0.25) is 9.59 Å². The molecule has 4 rings (SSSR count). The summed E-state index contributed by atoms with van der Waals surface area (Å²) in [7, 11) is -3.25. The SMILES string of the molecule is CS(=O)(=O)c1ccc(-c2ccc3nc(CC(=O)NCC(=O)NC4(C#N)CC4)sc3c2)cc1. The lowest BCUT2D eigenvalue weighted by Gasteiger charge is -2.09. The fourth-order valence-electron chi connectivity index (χ4n) is 3.20. The van der Waals surface area contributed by atoms with Crippen molar-refractivity contribution in [2.24, 2.45) is 0 Å². The third kappa shape index (κ3) is 4.95. The van der Waals surface area contributed by atoms with Gasteiger partial charge in [0.05, 0.1) is 34.1 Å². The molecule has 3 aromatic rings. The number of carbonyl (C=O) groups is 2. The predicted molar refractivity (Wildman–Crippen MR) is 121 cm³/mol. The van der Waals surface area contributed by atoms with Crippen molar-refractivity contribution in [2.75, 3.05) is 12.8 Å². The van der Waals surface area contributed by atoms with Gasteiger partial charge >= 0.3 is 0 Å². The lowest BCUT2D eigenvalue weighted by molar-refractivity contribution is -0.126. The Hall–Kier alpha value is -3.29. The molecule has 1 heterocycles. The summed E-state index contributed by atoms with van der Waals surface area (Å²) in [5.74, 6) is -0.703. The zero-order chi connectivity index (χ0) is 22.9. The Kier molecular flexibility index (Phi) is 5.71. The van der Waals surface area contributed by atoms with Gasteiger partial charge in [-0.1, -0.05) is 18.2 Å². The summed E-state index contributed by atoms with van der Waals surface area (Å²) < 4.78 is 24.2. The lowest BCUT2D eigenvalue weighted by Crippen LogP contribution is -2.43. The first-order valence-corrected chi connectivity index (χ1v) is 12.6. The first-order valence-electron chi connectivity index (χ1n) is 9.86. The van der Waals surface area contributed by atoms with Gasteiger partial charge in [-0.25, -0.2) is 13.4 Å². The molecule has 1 fully saturated rings. The lowest BCUT2D eigenvalue weighted by atomic mass is 10.1. The van der Waals surface area contributed by atoms with Crippen LogP contribution in [0.15, 0.2) is 47.4 Å². The number of nitrogens with zero attached hydrogens (tertiary/aromatic N) is 2. The summed E-state index contributed by atoms with van der Waals surface area (Å²) in [5, 5.41) is 14.8. The topological polar surface area (TPSA) is 129 Å². The molecule has 2 N–H and O–H groups in total. The molecular formula is C22H20N4O4S2. The van der Waals surface area contributed by atoms with Crippen LogP contribution in [0.1, 0.15) is 17.8 Å². The van der Waals surface area contributed by atoms with E-state index in [9.17, 15) is 18.0 Å². The number of thiazole rings is 1. The van der Waals surface area contributed by atoms with Gasteiger partial charge in [-0.15, -0.1) is 11.3 Å². The number of nitriles is 1. The summed E-state index contributed by atoms with van der Waals surface area (Å²) in [4.78, 5) is 28.8. The maximum absolute atomic E-state index is 12.2. The fourth-order valence-corrected chi connectivity index (χ4v) is 4.84. The number of hydrogen-bond acceptors (Lipinski definition) is 7.